The minimum absolute atomic E-state index is 0.00253. The van der Waals surface area contributed by atoms with Gasteiger partial charge in [-0.25, -0.2) is 13.1 Å². The van der Waals surface area contributed by atoms with Crippen LogP contribution in [0.2, 0.25) is 0 Å². The zero-order chi connectivity index (χ0) is 11.3. The van der Waals surface area contributed by atoms with Crippen LogP contribution in [0.1, 0.15) is 25.7 Å². The maximum Gasteiger partial charge on any atom is 0.214 e. The third-order valence-electron chi connectivity index (χ3n) is 2.60. The molecule has 0 saturated heterocycles. The molecule has 2 N–H and O–H groups in total. The molecule has 15 heavy (non-hydrogen) atoms. The van der Waals surface area contributed by atoms with E-state index < -0.39 is 10.0 Å². The summed E-state index contributed by atoms with van der Waals surface area (Å²) in [5, 5.41) is 9.27. The van der Waals surface area contributed by atoms with Crippen LogP contribution in [0.15, 0.2) is 0 Å². The predicted octanol–water partition coefficient (Wildman–Crippen LogP) is -0.144. The molecule has 0 aliphatic heterocycles. The highest BCUT2D eigenvalue weighted by Gasteiger charge is 2.23. The molecule has 0 unspecified atom stereocenters. The number of sulfonamides is 1. The molecule has 0 radical (unpaired) electrons. The molecule has 1 aliphatic carbocycles. The fourth-order valence-electron chi connectivity index (χ4n) is 1.70. The van der Waals surface area contributed by atoms with Crippen LogP contribution in [0.4, 0.5) is 0 Å². The van der Waals surface area contributed by atoms with Crippen molar-refractivity contribution in [2.24, 2.45) is 0 Å². The van der Waals surface area contributed by atoms with E-state index in [-0.39, 0.29) is 24.5 Å². The van der Waals surface area contributed by atoms with E-state index in [2.05, 4.69) is 4.72 Å². The summed E-state index contributed by atoms with van der Waals surface area (Å²) in [4.78, 5) is 0. The summed E-state index contributed by atoms with van der Waals surface area (Å²) < 4.78 is 30.3. The Morgan fingerprint density at radius 1 is 1.33 bits per heavy atom. The summed E-state index contributed by atoms with van der Waals surface area (Å²) >= 11 is 0. The van der Waals surface area contributed by atoms with Crippen molar-refractivity contribution >= 4 is 10.0 Å². The molecular weight excluding hydrogens is 218 g/mol. The van der Waals surface area contributed by atoms with E-state index in [1.807, 2.05) is 0 Å². The van der Waals surface area contributed by atoms with E-state index in [4.69, 9.17) is 4.74 Å². The number of aliphatic hydroxyl groups is 1. The van der Waals surface area contributed by atoms with Crippen LogP contribution in [-0.2, 0) is 14.8 Å². The number of rotatable bonds is 5. The van der Waals surface area contributed by atoms with E-state index in [0.29, 0.717) is 25.7 Å². The number of methoxy groups -OCH3 is 1. The number of hydrogen-bond donors (Lipinski definition) is 2. The van der Waals surface area contributed by atoms with Crippen molar-refractivity contribution in [1.29, 1.82) is 0 Å². The number of aliphatic hydroxyl groups excluding tert-OH is 1. The summed E-state index contributed by atoms with van der Waals surface area (Å²) in [7, 11) is -1.74. The molecule has 1 fully saturated rings. The minimum Gasteiger partial charge on any atom is -0.393 e. The standard InChI is InChI=1S/C9H19NO4S/c1-14-6-7-15(12,13)10-8-2-4-9(11)5-3-8/h8-11H,2-7H2,1H3. The Balaban J connectivity index is 2.34. The lowest BCUT2D eigenvalue weighted by molar-refractivity contribution is 0.120. The van der Waals surface area contributed by atoms with Crippen molar-refractivity contribution in [2.75, 3.05) is 19.5 Å². The van der Waals surface area contributed by atoms with E-state index in [1.165, 1.54) is 7.11 Å². The Kier molecular flexibility index (Phi) is 4.98. The van der Waals surface area contributed by atoms with Crippen LogP contribution < -0.4 is 4.72 Å². The average molecular weight is 237 g/mol. The molecule has 6 heteroatoms. The summed E-state index contributed by atoms with van der Waals surface area (Å²) in [5.74, 6) is 0.00253. The Labute approximate surface area is 90.9 Å². The molecule has 90 valence electrons. The second kappa shape index (κ2) is 5.79. The fraction of sp³-hybridized carbons (Fsp3) is 1.00. The molecular formula is C9H19NO4S. The van der Waals surface area contributed by atoms with Crippen molar-refractivity contribution in [1.82, 2.24) is 4.72 Å². The van der Waals surface area contributed by atoms with Crippen LogP contribution in [0, 0.1) is 0 Å². The van der Waals surface area contributed by atoms with Crippen LogP contribution in [-0.4, -0.2) is 45.1 Å². The van der Waals surface area contributed by atoms with Gasteiger partial charge in [0, 0.05) is 13.2 Å². The van der Waals surface area contributed by atoms with E-state index in [9.17, 15) is 13.5 Å². The van der Waals surface area contributed by atoms with Gasteiger partial charge in [0.2, 0.25) is 10.0 Å². The lowest BCUT2D eigenvalue weighted by Crippen LogP contribution is -2.40. The smallest absolute Gasteiger partial charge is 0.214 e. The van der Waals surface area contributed by atoms with Gasteiger partial charge in [0.25, 0.3) is 0 Å². The van der Waals surface area contributed by atoms with Gasteiger partial charge in [-0.1, -0.05) is 0 Å². The largest absolute Gasteiger partial charge is 0.393 e. The molecule has 0 bridgehead atoms. The molecule has 5 nitrogen and oxygen atoms in total. The second-order valence-electron chi connectivity index (χ2n) is 3.93. The first-order valence-corrected chi connectivity index (χ1v) is 6.86. The lowest BCUT2D eigenvalue weighted by atomic mass is 9.94. The van der Waals surface area contributed by atoms with Crippen LogP contribution in [0.25, 0.3) is 0 Å². The molecule has 1 rings (SSSR count). The Morgan fingerprint density at radius 2 is 1.93 bits per heavy atom. The van der Waals surface area contributed by atoms with Crippen LogP contribution >= 0.6 is 0 Å². The van der Waals surface area contributed by atoms with Gasteiger partial charge in [-0.05, 0) is 25.7 Å². The summed E-state index contributed by atoms with van der Waals surface area (Å²) in [5.41, 5.74) is 0. The minimum atomic E-state index is -3.22. The van der Waals surface area contributed by atoms with Crippen molar-refractivity contribution in [3.63, 3.8) is 0 Å². The van der Waals surface area contributed by atoms with Gasteiger partial charge >= 0.3 is 0 Å². The normalized spacial score (nSPS) is 27.9. The Hall–Kier alpha value is -0.170. The average Bonchev–Trinajstić information content (AvgIpc) is 2.18. The second-order valence-corrected chi connectivity index (χ2v) is 5.81. The maximum atomic E-state index is 11.5. The van der Waals surface area contributed by atoms with Crippen LogP contribution in [0.5, 0.6) is 0 Å². The molecule has 0 atom stereocenters. The fourth-order valence-corrected chi connectivity index (χ4v) is 2.95. The zero-order valence-corrected chi connectivity index (χ0v) is 9.79. The van der Waals surface area contributed by atoms with Gasteiger partial charge in [-0.3, -0.25) is 0 Å². The zero-order valence-electron chi connectivity index (χ0n) is 8.98. The summed E-state index contributed by atoms with van der Waals surface area (Å²) in [6, 6.07) is -0.0183. The quantitative estimate of drug-likeness (QED) is 0.697. The van der Waals surface area contributed by atoms with E-state index >= 15 is 0 Å². The topological polar surface area (TPSA) is 75.6 Å². The third kappa shape index (κ3) is 4.92. The first-order chi connectivity index (χ1) is 7.03. The monoisotopic (exact) mass is 237 g/mol. The van der Waals surface area contributed by atoms with Crippen molar-refractivity contribution in [2.45, 2.75) is 37.8 Å². The van der Waals surface area contributed by atoms with Gasteiger partial charge in [-0.15, -0.1) is 0 Å². The van der Waals surface area contributed by atoms with Crippen molar-refractivity contribution < 1.29 is 18.3 Å². The van der Waals surface area contributed by atoms with Gasteiger partial charge < -0.3 is 9.84 Å². The number of hydrogen-bond acceptors (Lipinski definition) is 4. The Morgan fingerprint density at radius 3 is 2.47 bits per heavy atom. The van der Waals surface area contributed by atoms with Crippen LogP contribution in [0.3, 0.4) is 0 Å². The molecule has 0 aromatic rings. The van der Waals surface area contributed by atoms with Gasteiger partial charge in [0.15, 0.2) is 0 Å². The van der Waals surface area contributed by atoms with Gasteiger partial charge in [-0.2, -0.15) is 0 Å². The summed E-state index contributed by atoms with van der Waals surface area (Å²) in [6.07, 6.45) is 2.53. The molecule has 1 saturated carbocycles. The summed E-state index contributed by atoms with van der Waals surface area (Å²) in [6.45, 7) is 0.213. The molecule has 1 aliphatic rings. The molecule has 0 spiro atoms. The maximum absolute atomic E-state index is 11.5. The molecule has 0 aromatic carbocycles. The molecule has 0 aromatic heterocycles. The van der Waals surface area contributed by atoms with E-state index in [1.54, 1.807) is 0 Å². The Bertz CT molecular complexity index is 270. The SMILES string of the molecule is COCCS(=O)(=O)NC1CCC(O)CC1. The van der Waals surface area contributed by atoms with Crippen molar-refractivity contribution in [3.05, 3.63) is 0 Å². The predicted molar refractivity (Wildman–Crippen MR) is 57.1 cm³/mol. The first-order valence-electron chi connectivity index (χ1n) is 5.20. The highest BCUT2D eigenvalue weighted by atomic mass is 32.2. The molecule has 0 heterocycles. The van der Waals surface area contributed by atoms with Gasteiger partial charge in [0.1, 0.15) is 0 Å². The number of nitrogens with one attached hydrogen (secondary N) is 1. The van der Waals surface area contributed by atoms with E-state index in [0.717, 1.165) is 0 Å². The van der Waals surface area contributed by atoms with Gasteiger partial charge in [0.05, 0.1) is 18.5 Å². The highest BCUT2D eigenvalue weighted by Crippen LogP contribution is 2.18. The first kappa shape index (κ1) is 12.9. The third-order valence-corrected chi connectivity index (χ3v) is 4.00. The number of ether oxygens (including phenoxy) is 1. The van der Waals surface area contributed by atoms with Crippen molar-refractivity contribution in [3.8, 4) is 0 Å². The lowest BCUT2D eigenvalue weighted by Gasteiger charge is -2.25. The molecule has 0 amide bonds. The highest BCUT2D eigenvalue weighted by molar-refractivity contribution is 7.89.